The Morgan fingerprint density at radius 1 is 1.13 bits per heavy atom. The first-order chi connectivity index (χ1) is 14.6. The molecule has 5 nitrogen and oxygen atoms in total. The molecule has 0 bridgehead atoms. The molecule has 0 spiro atoms. The molecule has 1 N–H and O–H groups in total. The number of hydrogen-bond acceptors (Lipinski definition) is 4. The summed E-state index contributed by atoms with van der Waals surface area (Å²) in [4.78, 5) is 18.8. The van der Waals surface area contributed by atoms with E-state index < -0.39 is 0 Å². The summed E-state index contributed by atoms with van der Waals surface area (Å²) in [6.07, 6.45) is 3.34. The maximum absolute atomic E-state index is 13.3. The smallest absolute Gasteiger partial charge is 0.204 e. The number of aromatic nitrogens is 2. The minimum Gasteiger partial charge on any atom is -0.353 e. The van der Waals surface area contributed by atoms with Gasteiger partial charge < -0.3 is 14.8 Å². The summed E-state index contributed by atoms with van der Waals surface area (Å²) >= 11 is 0. The van der Waals surface area contributed by atoms with E-state index in [1.54, 1.807) is 0 Å². The number of halogens is 1. The van der Waals surface area contributed by atoms with E-state index in [-0.39, 0.29) is 5.82 Å². The Bertz CT molecular complexity index is 990. The monoisotopic (exact) mass is 408 g/mol. The van der Waals surface area contributed by atoms with Crippen LogP contribution in [0.15, 0.2) is 48.5 Å². The lowest BCUT2D eigenvalue weighted by Gasteiger charge is -2.32. The van der Waals surface area contributed by atoms with Crippen LogP contribution in [0.2, 0.25) is 0 Å². The quantitative estimate of drug-likeness (QED) is 0.598. The zero-order chi connectivity index (χ0) is 20.9. The Morgan fingerprint density at radius 2 is 1.87 bits per heavy atom. The minimum absolute atomic E-state index is 0.222. The maximum Gasteiger partial charge on any atom is 0.204 e. The lowest BCUT2D eigenvalue weighted by molar-refractivity contribution is -0.119. The van der Waals surface area contributed by atoms with Gasteiger partial charge in [0.1, 0.15) is 11.6 Å². The number of nitrogens with zero attached hydrogens (tertiary/aromatic N) is 3. The van der Waals surface area contributed by atoms with E-state index in [0.29, 0.717) is 31.2 Å². The van der Waals surface area contributed by atoms with Crippen molar-refractivity contribution in [3.05, 3.63) is 59.9 Å². The van der Waals surface area contributed by atoms with Crippen molar-refractivity contribution < 1.29 is 9.18 Å². The number of rotatable bonds is 8. The van der Waals surface area contributed by atoms with Gasteiger partial charge in [-0.25, -0.2) is 9.37 Å². The molecule has 30 heavy (non-hydrogen) atoms. The number of hydrogen-bond donors (Lipinski definition) is 1. The Labute approximate surface area is 176 Å². The molecule has 3 aromatic rings. The van der Waals surface area contributed by atoms with Crippen molar-refractivity contribution in [2.45, 2.75) is 45.2 Å². The van der Waals surface area contributed by atoms with Gasteiger partial charge in [-0.1, -0.05) is 31.2 Å². The number of likely N-dealkylation sites (tertiary alicyclic amines) is 1. The van der Waals surface area contributed by atoms with E-state index in [2.05, 4.69) is 20.9 Å². The molecule has 0 saturated carbocycles. The predicted octanol–water partition coefficient (Wildman–Crippen LogP) is 4.47. The van der Waals surface area contributed by atoms with Crippen molar-refractivity contribution in [3.8, 4) is 0 Å². The normalized spacial score (nSPS) is 15.5. The zero-order valence-electron chi connectivity index (χ0n) is 17.5. The van der Waals surface area contributed by atoms with Crippen LogP contribution in [0.1, 0.15) is 38.2 Å². The number of para-hydroxylation sites is 2. The van der Waals surface area contributed by atoms with Gasteiger partial charge in [0.15, 0.2) is 0 Å². The number of ketones is 1. The molecule has 0 unspecified atom stereocenters. The average molecular weight is 409 g/mol. The Hall–Kier alpha value is -2.73. The molecule has 158 valence electrons. The molecule has 0 atom stereocenters. The second kappa shape index (κ2) is 9.39. The molecule has 2 heterocycles. The highest BCUT2D eigenvalue weighted by molar-refractivity contribution is 5.79. The highest BCUT2D eigenvalue weighted by atomic mass is 19.1. The van der Waals surface area contributed by atoms with Crippen molar-refractivity contribution in [1.29, 1.82) is 0 Å². The van der Waals surface area contributed by atoms with E-state index in [1.807, 2.05) is 37.3 Å². The van der Waals surface area contributed by atoms with Crippen LogP contribution in [-0.2, 0) is 11.3 Å². The summed E-state index contributed by atoms with van der Waals surface area (Å²) in [6.45, 7) is 5.42. The van der Waals surface area contributed by atoms with Gasteiger partial charge in [-0.15, -0.1) is 0 Å². The van der Waals surface area contributed by atoms with Crippen molar-refractivity contribution in [2.24, 2.45) is 0 Å². The van der Waals surface area contributed by atoms with Crippen LogP contribution in [0.25, 0.3) is 11.0 Å². The van der Waals surface area contributed by atoms with Crippen LogP contribution in [-0.4, -0.2) is 45.9 Å². The second-order valence-electron chi connectivity index (χ2n) is 8.04. The molecule has 1 fully saturated rings. The topological polar surface area (TPSA) is 50.2 Å². The van der Waals surface area contributed by atoms with Crippen molar-refractivity contribution >= 4 is 22.8 Å². The van der Waals surface area contributed by atoms with Gasteiger partial charge in [-0.3, -0.25) is 4.79 Å². The average Bonchev–Trinajstić information content (AvgIpc) is 3.11. The SMILES string of the molecule is CCC(=O)CCN1CCC(Nc2nc3ccccc3n2Cc2ccc(F)cc2)CC1. The fourth-order valence-electron chi connectivity index (χ4n) is 4.06. The van der Waals surface area contributed by atoms with Gasteiger partial charge in [0.05, 0.1) is 17.6 Å². The number of fused-ring (bicyclic) bond motifs is 1. The summed E-state index contributed by atoms with van der Waals surface area (Å²) in [7, 11) is 0. The highest BCUT2D eigenvalue weighted by Crippen LogP contribution is 2.24. The molecule has 2 aromatic carbocycles. The molecule has 0 aliphatic carbocycles. The van der Waals surface area contributed by atoms with E-state index in [9.17, 15) is 9.18 Å². The number of benzene rings is 2. The lowest BCUT2D eigenvalue weighted by atomic mass is 10.0. The third-order valence-electron chi connectivity index (χ3n) is 5.93. The number of carbonyl (C=O) groups is 1. The Morgan fingerprint density at radius 3 is 2.60 bits per heavy atom. The van der Waals surface area contributed by atoms with Crippen LogP contribution in [0, 0.1) is 5.82 Å². The first kappa shape index (κ1) is 20.5. The van der Waals surface area contributed by atoms with E-state index in [0.717, 1.165) is 55.0 Å². The highest BCUT2D eigenvalue weighted by Gasteiger charge is 2.21. The number of imidazole rings is 1. The third-order valence-corrected chi connectivity index (χ3v) is 5.93. The molecule has 4 rings (SSSR count). The molecule has 0 radical (unpaired) electrons. The first-order valence-electron chi connectivity index (χ1n) is 10.8. The summed E-state index contributed by atoms with van der Waals surface area (Å²) < 4.78 is 15.5. The molecule has 1 aliphatic rings. The fourth-order valence-corrected chi connectivity index (χ4v) is 4.06. The summed E-state index contributed by atoms with van der Waals surface area (Å²) in [5.41, 5.74) is 3.07. The maximum atomic E-state index is 13.3. The Balaban J connectivity index is 1.45. The molecule has 1 aromatic heterocycles. The number of nitrogens with one attached hydrogen (secondary N) is 1. The fraction of sp³-hybridized carbons (Fsp3) is 0.417. The van der Waals surface area contributed by atoms with Crippen LogP contribution >= 0.6 is 0 Å². The van der Waals surface area contributed by atoms with Crippen LogP contribution in [0.4, 0.5) is 10.3 Å². The van der Waals surface area contributed by atoms with Gasteiger partial charge in [-0.05, 0) is 42.7 Å². The Kier molecular flexibility index (Phi) is 6.43. The summed E-state index contributed by atoms with van der Waals surface area (Å²) in [5.74, 6) is 0.977. The molecule has 1 saturated heterocycles. The third kappa shape index (κ3) is 4.87. The molecular weight excluding hydrogens is 379 g/mol. The van der Waals surface area contributed by atoms with Crippen molar-refractivity contribution in [3.63, 3.8) is 0 Å². The van der Waals surface area contributed by atoms with Crippen LogP contribution < -0.4 is 5.32 Å². The van der Waals surface area contributed by atoms with Gasteiger partial charge in [0, 0.05) is 38.5 Å². The number of carbonyl (C=O) groups excluding carboxylic acids is 1. The van der Waals surface area contributed by atoms with Gasteiger partial charge in [-0.2, -0.15) is 0 Å². The number of piperidine rings is 1. The number of anilines is 1. The molecular formula is C24H29FN4O. The second-order valence-corrected chi connectivity index (χ2v) is 8.04. The van der Waals surface area contributed by atoms with E-state index in [4.69, 9.17) is 4.98 Å². The predicted molar refractivity (Wildman–Crippen MR) is 118 cm³/mol. The van der Waals surface area contributed by atoms with E-state index >= 15 is 0 Å². The van der Waals surface area contributed by atoms with Crippen molar-refractivity contribution in [1.82, 2.24) is 14.5 Å². The standard InChI is InChI=1S/C24H29FN4O/c1-2-21(30)13-16-28-14-11-20(12-15-28)26-24-27-22-5-3-4-6-23(22)29(24)17-18-7-9-19(25)10-8-18/h3-10,20H,2,11-17H2,1H3,(H,26,27). The molecule has 6 heteroatoms. The van der Waals surface area contributed by atoms with Crippen LogP contribution in [0.3, 0.4) is 0 Å². The summed E-state index contributed by atoms with van der Waals surface area (Å²) in [6, 6.07) is 15.1. The minimum atomic E-state index is -0.222. The van der Waals surface area contributed by atoms with Gasteiger partial charge >= 0.3 is 0 Å². The van der Waals surface area contributed by atoms with Crippen LogP contribution in [0.5, 0.6) is 0 Å². The van der Waals surface area contributed by atoms with Gasteiger partial charge in [0.2, 0.25) is 5.95 Å². The van der Waals surface area contributed by atoms with Crippen molar-refractivity contribution in [2.75, 3.05) is 25.0 Å². The first-order valence-corrected chi connectivity index (χ1v) is 10.8. The molecule has 0 amide bonds. The number of Topliss-reactive ketones (excluding diaryl/α,β-unsaturated/α-hetero) is 1. The molecule has 1 aliphatic heterocycles. The lowest BCUT2D eigenvalue weighted by Crippen LogP contribution is -2.40. The van der Waals surface area contributed by atoms with E-state index in [1.165, 1.54) is 12.1 Å². The van der Waals surface area contributed by atoms with Gasteiger partial charge in [0.25, 0.3) is 0 Å². The zero-order valence-corrected chi connectivity index (χ0v) is 17.5. The largest absolute Gasteiger partial charge is 0.353 e. The summed E-state index contributed by atoms with van der Waals surface area (Å²) in [5, 5.41) is 3.65.